The Kier molecular flexibility index (Phi) is 5.04. The van der Waals surface area contributed by atoms with Gasteiger partial charge in [-0.15, -0.1) is 5.10 Å². The number of nitrogens with zero attached hydrogens (tertiary/aromatic N) is 3. The highest BCUT2D eigenvalue weighted by atomic mass is 16.4. The summed E-state index contributed by atoms with van der Waals surface area (Å²) < 4.78 is 4.93. The van der Waals surface area contributed by atoms with E-state index in [-0.39, 0.29) is 18.5 Å². The quantitative estimate of drug-likeness (QED) is 0.536. The van der Waals surface area contributed by atoms with Crippen LogP contribution >= 0.6 is 0 Å². The molecule has 0 aliphatic rings. The third-order valence-corrected chi connectivity index (χ3v) is 3.46. The maximum atomic E-state index is 11.6. The lowest BCUT2D eigenvalue weighted by molar-refractivity contribution is 0.252. The molecule has 10 nitrogen and oxygen atoms in total. The van der Waals surface area contributed by atoms with Gasteiger partial charge in [0.05, 0.1) is 12.3 Å². The predicted molar refractivity (Wildman–Crippen MR) is 92.2 cm³/mol. The molecule has 4 N–H and O–H groups in total. The van der Waals surface area contributed by atoms with Crippen molar-refractivity contribution in [3.8, 4) is 22.7 Å². The van der Waals surface area contributed by atoms with E-state index in [4.69, 9.17) is 4.42 Å². The van der Waals surface area contributed by atoms with Crippen molar-refractivity contribution in [1.29, 1.82) is 0 Å². The van der Waals surface area contributed by atoms with Gasteiger partial charge in [-0.3, -0.25) is 10.3 Å². The minimum atomic E-state index is -0.656. The Morgan fingerprint density at radius 1 is 1.35 bits per heavy atom. The molecule has 0 fully saturated rings. The summed E-state index contributed by atoms with van der Waals surface area (Å²) >= 11 is 0. The van der Waals surface area contributed by atoms with Crippen molar-refractivity contribution in [2.24, 2.45) is 0 Å². The molecule has 3 rings (SSSR count). The van der Waals surface area contributed by atoms with Crippen LogP contribution in [0.5, 0.6) is 0 Å². The number of rotatable bonds is 5. The summed E-state index contributed by atoms with van der Waals surface area (Å²) in [5.41, 5.74) is 2.16. The first-order valence-electron chi connectivity index (χ1n) is 7.77. The molecule has 0 radical (unpaired) electrons. The summed E-state index contributed by atoms with van der Waals surface area (Å²) in [7, 11) is 0. The van der Waals surface area contributed by atoms with Crippen LogP contribution in [-0.2, 0) is 6.61 Å². The number of aliphatic hydroxyl groups excluding tert-OH is 1. The second-order valence-electron chi connectivity index (χ2n) is 5.22. The Hall–Kier alpha value is -3.53. The molecule has 10 heteroatoms. The molecular formula is C16H16N6O4. The number of urea groups is 1. The van der Waals surface area contributed by atoms with E-state index in [9.17, 15) is 14.7 Å². The number of nitrogens with one attached hydrogen (secondary N) is 3. The van der Waals surface area contributed by atoms with Crippen molar-refractivity contribution in [3.05, 3.63) is 46.7 Å². The smallest absolute Gasteiger partial charge is 0.392 e. The van der Waals surface area contributed by atoms with E-state index in [1.807, 2.05) is 0 Å². The SMILES string of the molecule is CCNC(=O)Nc1cc(CO)c(-c2cc(-c3n[nH]c(=O)o3)ccn2)cn1. The van der Waals surface area contributed by atoms with Gasteiger partial charge in [0.1, 0.15) is 5.82 Å². The van der Waals surface area contributed by atoms with Crippen molar-refractivity contribution in [3.63, 3.8) is 0 Å². The van der Waals surface area contributed by atoms with E-state index < -0.39 is 5.76 Å². The van der Waals surface area contributed by atoms with Crippen LogP contribution in [0.3, 0.4) is 0 Å². The Morgan fingerprint density at radius 2 is 2.19 bits per heavy atom. The molecule has 26 heavy (non-hydrogen) atoms. The zero-order valence-corrected chi connectivity index (χ0v) is 13.8. The molecule has 0 bridgehead atoms. The van der Waals surface area contributed by atoms with Crippen LogP contribution in [0.2, 0.25) is 0 Å². The average molecular weight is 356 g/mol. The number of aromatic nitrogens is 4. The standard InChI is InChI=1S/C16H16N6O4/c1-2-17-15(24)20-13-6-10(8-23)11(7-19-13)12-5-9(3-4-18-12)14-21-22-16(25)26-14/h3-7,23H,2,8H2,1H3,(H,22,25)(H2,17,19,20,24). The second kappa shape index (κ2) is 7.57. The number of anilines is 1. The molecular weight excluding hydrogens is 340 g/mol. The zero-order chi connectivity index (χ0) is 18.5. The lowest BCUT2D eigenvalue weighted by atomic mass is 10.1. The molecule has 0 aliphatic heterocycles. The van der Waals surface area contributed by atoms with Gasteiger partial charge in [-0.05, 0) is 30.7 Å². The number of aliphatic hydroxyl groups is 1. The van der Waals surface area contributed by atoms with Crippen LogP contribution < -0.4 is 16.4 Å². The molecule has 0 spiro atoms. The summed E-state index contributed by atoms with van der Waals surface area (Å²) in [5, 5.41) is 20.8. The van der Waals surface area contributed by atoms with E-state index in [1.165, 1.54) is 12.4 Å². The van der Waals surface area contributed by atoms with Crippen LogP contribution in [0.1, 0.15) is 12.5 Å². The van der Waals surface area contributed by atoms with Gasteiger partial charge in [0.25, 0.3) is 0 Å². The van der Waals surface area contributed by atoms with Crippen LogP contribution in [0.25, 0.3) is 22.7 Å². The topological polar surface area (TPSA) is 146 Å². The highest BCUT2D eigenvalue weighted by molar-refractivity contribution is 5.88. The number of hydrogen-bond donors (Lipinski definition) is 4. The fraction of sp³-hybridized carbons (Fsp3) is 0.188. The molecule has 3 heterocycles. The molecule has 134 valence electrons. The van der Waals surface area contributed by atoms with Crippen molar-refractivity contribution >= 4 is 11.8 Å². The third-order valence-electron chi connectivity index (χ3n) is 3.46. The molecule has 0 unspecified atom stereocenters. The fourth-order valence-corrected chi connectivity index (χ4v) is 2.31. The summed E-state index contributed by atoms with van der Waals surface area (Å²) in [6.07, 6.45) is 3.03. The maximum Gasteiger partial charge on any atom is 0.434 e. The van der Waals surface area contributed by atoms with Gasteiger partial charge in [-0.1, -0.05) is 0 Å². The Bertz CT molecular complexity index is 981. The number of pyridine rings is 2. The van der Waals surface area contributed by atoms with E-state index in [0.717, 1.165) is 0 Å². The average Bonchev–Trinajstić information content (AvgIpc) is 3.08. The zero-order valence-electron chi connectivity index (χ0n) is 13.8. The van der Waals surface area contributed by atoms with Gasteiger partial charge in [0, 0.05) is 30.1 Å². The number of hydrogen-bond acceptors (Lipinski definition) is 7. The first kappa shape index (κ1) is 17.3. The number of carbonyl (C=O) groups excluding carboxylic acids is 1. The largest absolute Gasteiger partial charge is 0.434 e. The number of amides is 2. The van der Waals surface area contributed by atoms with Crippen molar-refractivity contribution in [2.45, 2.75) is 13.5 Å². The highest BCUT2D eigenvalue weighted by Gasteiger charge is 2.12. The second-order valence-corrected chi connectivity index (χ2v) is 5.22. The summed E-state index contributed by atoms with van der Waals surface area (Å²) in [6, 6.07) is 4.48. The van der Waals surface area contributed by atoms with Crippen LogP contribution in [0.4, 0.5) is 10.6 Å². The lowest BCUT2D eigenvalue weighted by Gasteiger charge is -2.10. The summed E-state index contributed by atoms with van der Waals surface area (Å²) in [6.45, 7) is 2.01. The van der Waals surface area contributed by atoms with Crippen molar-refractivity contribution in [1.82, 2.24) is 25.5 Å². The lowest BCUT2D eigenvalue weighted by Crippen LogP contribution is -2.28. The molecule has 0 atom stereocenters. The van der Waals surface area contributed by atoms with Crippen LogP contribution in [0, 0.1) is 0 Å². The first-order chi connectivity index (χ1) is 12.6. The number of H-pyrrole nitrogens is 1. The van der Waals surface area contributed by atoms with Crippen molar-refractivity contribution in [2.75, 3.05) is 11.9 Å². The third kappa shape index (κ3) is 3.75. The van der Waals surface area contributed by atoms with E-state index in [1.54, 1.807) is 25.1 Å². The van der Waals surface area contributed by atoms with Gasteiger partial charge in [0.2, 0.25) is 5.89 Å². The van der Waals surface area contributed by atoms with Gasteiger partial charge < -0.3 is 14.8 Å². The number of aromatic amines is 1. The van der Waals surface area contributed by atoms with Gasteiger partial charge in [-0.2, -0.15) is 0 Å². The minimum Gasteiger partial charge on any atom is -0.392 e. The molecule has 3 aromatic heterocycles. The predicted octanol–water partition coefficient (Wildman–Crippen LogP) is 1.12. The molecule has 0 aromatic carbocycles. The molecule has 2 amide bonds. The Morgan fingerprint density at radius 3 is 2.88 bits per heavy atom. The van der Waals surface area contributed by atoms with Crippen LogP contribution in [-0.4, -0.2) is 37.8 Å². The molecule has 0 saturated heterocycles. The monoisotopic (exact) mass is 356 g/mol. The van der Waals surface area contributed by atoms with E-state index >= 15 is 0 Å². The van der Waals surface area contributed by atoms with E-state index in [2.05, 4.69) is 30.8 Å². The van der Waals surface area contributed by atoms with E-state index in [0.29, 0.717) is 34.7 Å². The fourth-order valence-electron chi connectivity index (χ4n) is 2.31. The van der Waals surface area contributed by atoms with Crippen LogP contribution in [0.15, 0.2) is 39.8 Å². The molecule has 0 saturated carbocycles. The molecule has 3 aromatic rings. The van der Waals surface area contributed by atoms with Gasteiger partial charge in [-0.25, -0.2) is 19.7 Å². The normalized spacial score (nSPS) is 10.5. The molecule has 0 aliphatic carbocycles. The van der Waals surface area contributed by atoms with Gasteiger partial charge in [0.15, 0.2) is 0 Å². The Labute approximate surface area is 147 Å². The van der Waals surface area contributed by atoms with Gasteiger partial charge >= 0.3 is 11.8 Å². The summed E-state index contributed by atoms with van der Waals surface area (Å²) in [4.78, 5) is 31.1. The summed E-state index contributed by atoms with van der Waals surface area (Å²) in [5.74, 6) is -0.221. The first-order valence-corrected chi connectivity index (χ1v) is 7.77. The Balaban J connectivity index is 1.93. The number of carbonyl (C=O) groups is 1. The minimum absolute atomic E-state index is 0.131. The van der Waals surface area contributed by atoms with Crippen molar-refractivity contribution < 1.29 is 14.3 Å². The highest BCUT2D eigenvalue weighted by Crippen LogP contribution is 2.26. The maximum absolute atomic E-state index is 11.6.